The van der Waals surface area contributed by atoms with Gasteiger partial charge in [0, 0.05) is 49.5 Å². The number of carbonyl (C=O) groups is 1. The molecule has 1 amide bonds. The molecule has 4 aliphatic rings. The lowest BCUT2D eigenvalue weighted by atomic mass is 9.92. The van der Waals surface area contributed by atoms with Crippen LogP contribution in [0.15, 0.2) is 114 Å². The monoisotopic (exact) mass is 885 g/mol. The minimum Gasteiger partial charge on any atom is -0.455 e. The summed E-state index contributed by atoms with van der Waals surface area (Å²) in [6.07, 6.45) is 8.41. The van der Waals surface area contributed by atoms with E-state index in [4.69, 9.17) is 9.47 Å². The van der Waals surface area contributed by atoms with E-state index in [0.717, 1.165) is 53.7 Å². The molecule has 4 aromatic carbocycles. The van der Waals surface area contributed by atoms with Gasteiger partial charge in [-0.1, -0.05) is 42.5 Å². The predicted molar refractivity (Wildman–Crippen MR) is 241 cm³/mol. The molecule has 1 saturated carbocycles. The number of pyridine rings is 1. The van der Waals surface area contributed by atoms with Gasteiger partial charge in [-0.15, -0.1) is 0 Å². The van der Waals surface area contributed by atoms with E-state index in [1.807, 2.05) is 18.2 Å². The number of aromatic amines is 1. The largest absolute Gasteiger partial charge is 0.455 e. The van der Waals surface area contributed by atoms with Crippen molar-refractivity contribution >= 4 is 44.0 Å². The molecule has 0 unspecified atom stereocenters. The molecule has 5 heterocycles. The summed E-state index contributed by atoms with van der Waals surface area (Å²) in [6.45, 7) is 3.13. The van der Waals surface area contributed by atoms with E-state index in [-0.39, 0.29) is 36.4 Å². The number of alkyl halides is 1. The molecule has 3 aliphatic heterocycles. The number of H-pyrrole nitrogens is 1. The van der Waals surface area contributed by atoms with Crippen LogP contribution in [0.3, 0.4) is 0 Å². The maximum Gasteiger partial charge on any atom is 0.293 e. The average molecular weight is 886 g/mol. The summed E-state index contributed by atoms with van der Waals surface area (Å²) < 4.78 is 56.9. The second-order valence-corrected chi connectivity index (χ2v) is 19.0. The SMILES string of the molecule is O=C(NS(=O)(=O)c1ccc(NCC2(F)CCN(C3COC3)CC2)c([N+](=O)[O-])c1)c1ccc(-c2ccc(N3CCC[C@@H]3c3ccccc3C3CC3)cc2)cc1Oc1cnc2[nH]ccc2c1. The smallest absolute Gasteiger partial charge is 0.293 e. The third-order valence-corrected chi connectivity index (χ3v) is 14.4. The predicted octanol–water partition coefficient (Wildman–Crippen LogP) is 8.88. The number of hydrogen-bond donors (Lipinski definition) is 3. The molecule has 4 fully saturated rings. The second-order valence-electron chi connectivity index (χ2n) is 17.3. The Labute approximate surface area is 370 Å². The van der Waals surface area contributed by atoms with E-state index >= 15 is 4.39 Å². The van der Waals surface area contributed by atoms with Crippen LogP contribution in [0, 0.1) is 10.1 Å². The quantitative estimate of drug-likeness (QED) is 0.0705. The molecular weight excluding hydrogens is 838 g/mol. The van der Waals surface area contributed by atoms with Crippen molar-refractivity contribution in [2.24, 2.45) is 0 Å². The lowest BCUT2D eigenvalue weighted by Gasteiger charge is -2.43. The van der Waals surface area contributed by atoms with E-state index in [1.54, 1.807) is 24.4 Å². The number of halogens is 1. The van der Waals surface area contributed by atoms with E-state index in [2.05, 4.69) is 66.2 Å². The summed E-state index contributed by atoms with van der Waals surface area (Å²) in [6, 6.07) is 29.4. The fourth-order valence-corrected chi connectivity index (χ4v) is 10.3. The Morgan fingerprint density at radius 1 is 0.938 bits per heavy atom. The van der Waals surface area contributed by atoms with Gasteiger partial charge < -0.3 is 24.7 Å². The number of nitro benzene ring substituents is 1. The van der Waals surface area contributed by atoms with Gasteiger partial charge in [-0.25, -0.2) is 22.5 Å². The molecule has 1 aliphatic carbocycles. The van der Waals surface area contributed by atoms with Crippen molar-refractivity contribution in [1.82, 2.24) is 19.6 Å². The van der Waals surface area contributed by atoms with Gasteiger partial charge in [-0.3, -0.25) is 19.8 Å². The molecule has 0 radical (unpaired) electrons. The number of ether oxygens (including phenoxy) is 2. The number of benzene rings is 4. The lowest BCUT2D eigenvalue weighted by Crippen LogP contribution is -2.55. The van der Waals surface area contributed by atoms with Crippen LogP contribution in [0.1, 0.15) is 72.0 Å². The first-order chi connectivity index (χ1) is 31.0. The number of nitrogens with one attached hydrogen (secondary N) is 3. The molecule has 330 valence electrons. The third kappa shape index (κ3) is 8.52. The Hall–Kier alpha value is -6.36. The number of anilines is 2. The Bertz CT molecular complexity index is 2840. The zero-order valence-corrected chi connectivity index (χ0v) is 35.9. The summed E-state index contributed by atoms with van der Waals surface area (Å²) >= 11 is 0. The first-order valence-corrected chi connectivity index (χ1v) is 23.3. The van der Waals surface area contributed by atoms with Gasteiger partial charge in [0.25, 0.3) is 21.6 Å². The lowest BCUT2D eigenvalue weighted by molar-refractivity contribution is -0.384. The summed E-state index contributed by atoms with van der Waals surface area (Å²) in [5, 5.41) is 15.8. The molecule has 10 rings (SSSR count). The maximum atomic E-state index is 15.8. The molecule has 3 saturated heterocycles. The van der Waals surface area contributed by atoms with Crippen molar-refractivity contribution in [3.63, 3.8) is 0 Å². The highest BCUT2D eigenvalue weighted by Gasteiger charge is 2.39. The number of piperidine rings is 1. The summed E-state index contributed by atoms with van der Waals surface area (Å²) in [7, 11) is -4.65. The minimum absolute atomic E-state index is 0.0337. The first-order valence-electron chi connectivity index (χ1n) is 21.8. The van der Waals surface area contributed by atoms with Crippen LogP contribution >= 0.6 is 0 Å². The Morgan fingerprint density at radius 3 is 2.44 bits per heavy atom. The summed E-state index contributed by atoms with van der Waals surface area (Å²) in [4.78, 5) is 37.0. The van der Waals surface area contributed by atoms with Crippen molar-refractivity contribution in [2.45, 2.75) is 67.1 Å². The normalized spacial score (nSPS) is 19.0. The number of sulfonamides is 1. The van der Waals surface area contributed by atoms with Gasteiger partial charge in [0.1, 0.15) is 28.5 Å². The van der Waals surface area contributed by atoms with E-state index in [9.17, 15) is 23.3 Å². The van der Waals surface area contributed by atoms with Crippen LogP contribution in [0.2, 0.25) is 0 Å². The van der Waals surface area contributed by atoms with Crippen molar-refractivity contribution in [2.75, 3.05) is 49.6 Å². The van der Waals surface area contributed by atoms with Crippen LogP contribution in [0.25, 0.3) is 22.2 Å². The number of aromatic nitrogens is 2. The zero-order valence-electron chi connectivity index (χ0n) is 35.0. The second kappa shape index (κ2) is 17.0. The van der Waals surface area contributed by atoms with Crippen molar-refractivity contribution in [3.8, 4) is 22.6 Å². The number of likely N-dealkylation sites (tertiary alicyclic amines) is 1. The number of nitrogens with zero attached hydrogens (tertiary/aromatic N) is 4. The standard InChI is InChI=1S/C48H48FN7O7S/c49-48(18-22-54(23-19-48)36-28-62-29-36)30-52-42-16-14-38(26-44(42)56(58)59)64(60,61)53-47(57)41-15-11-33(25-45(41)63-37-24-34-17-20-50-46(34)51-27-37)31-9-12-35(13-10-31)55-21-3-6-43(55)40-5-2-1-4-39(40)32-7-8-32/h1-2,4-5,9-17,20,24-27,32,36,43,52H,3,6-8,18-19,21-23,28-30H2,(H,50,51)(H,53,57)/t43-/m1/s1. The van der Waals surface area contributed by atoms with Gasteiger partial charge in [-0.2, -0.15) is 0 Å². The van der Waals surface area contributed by atoms with Gasteiger partial charge in [0.2, 0.25) is 0 Å². The third-order valence-electron chi connectivity index (χ3n) is 13.1. The molecule has 64 heavy (non-hydrogen) atoms. The summed E-state index contributed by atoms with van der Waals surface area (Å²) in [5.41, 5.74) is 3.92. The van der Waals surface area contributed by atoms with Crippen molar-refractivity contribution < 1.29 is 32.0 Å². The van der Waals surface area contributed by atoms with Gasteiger partial charge in [-0.05, 0) is 115 Å². The van der Waals surface area contributed by atoms with E-state index in [1.165, 1.54) is 42.3 Å². The highest BCUT2D eigenvalue weighted by atomic mass is 32.2. The molecule has 0 spiro atoms. The van der Waals surface area contributed by atoms with E-state index in [0.29, 0.717) is 55.7 Å². The molecule has 16 heteroatoms. The first kappa shape index (κ1) is 41.6. The minimum atomic E-state index is -4.65. The van der Waals surface area contributed by atoms with Crippen LogP contribution in [-0.2, 0) is 14.8 Å². The van der Waals surface area contributed by atoms with Gasteiger partial charge >= 0.3 is 0 Å². The molecule has 2 aromatic heterocycles. The average Bonchev–Trinajstić information content (AvgIpc) is 3.82. The molecule has 3 N–H and O–H groups in total. The Balaban J connectivity index is 0.884. The van der Waals surface area contributed by atoms with Crippen molar-refractivity contribution in [1.29, 1.82) is 0 Å². The van der Waals surface area contributed by atoms with E-state index < -0.39 is 37.1 Å². The number of amides is 1. The van der Waals surface area contributed by atoms with Crippen LogP contribution in [0.4, 0.5) is 21.5 Å². The Morgan fingerprint density at radius 2 is 1.70 bits per heavy atom. The highest BCUT2D eigenvalue weighted by Crippen LogP contribution is 2.47. The number of rotatable bonds is 14. The molecule has 14 nitrogen and oxygen atoms in total. The molecule has 1 atom stereocenters. The number of nitro groups is 1. The Kier molecular flexibility index (Phi) is 11.0. The maximum absolute atomic E-state index is 15.8. The number of fused-ring (bicyclic) bond motifs is 1. The van der Waals surface area contributed by atoms with Gasteiger partial charge in [0.15, 0.2) is 0 Å². The van der Waals surface area contributed by atoms with Crippen molar-refractivity contribution in [3.05, 3.63) is 136 Å². The highest BCUT2D eigenvalue weighted by molar-refractivity contribution is 7.90. The molecule has 0 bridgehead atoms. The topological polar surface area (TPSA) is 172 Å². The zero-order chi connectivity index (χ0) is 44.0. The van der Waals surface area contributed by atoms with Gasteiger partial charge in [0.05, 0.1) is 46.9 Å². The van der Waals surface area contributed by atoms with Crippen LogP contribution in [0.5, 0.6) is 11.5 Å². The number of carbonyl (C=O) groups excluding carboxylic acids is 1. The fourth-order valence-electron chi connectivity index (χ4n) is 9.27. The van der Waals surface area contributed by atoms with Crippen LogP contribution in [-0.4, -0.2) is 85.2 Å². The molecule has 6 aromatic rings. The number of hydrogen-bond acceptors (Lipinski definition) is 11. The molecular formula is C48H48FN7O7S. The summed E-state index contributed by atoms with van der Waals surface area (Å²) in [5.74, 6) is 0.0289. The van der Waals surface area contributed by atoms with Crippen LogP contribution < -0.4 is 19.7 Å². The fraction of sp³-hybridized carbons (Fsp3) is 0.333.